The molecule has 2 aliphatic heterocycles. The van der Waals surface area contributed by atoms with E-state index in [1.54, 1.807) is 24.0 Å². The first-order valence-corrected chi connectivity index (χ1v) is 9.57. The van der Waals surface area contributed by atoms with Gasteiger partial charge in [0.2, 0.25) is 10.0 Å². The molecular formula is C16H23N3O4S. The number of nitrogens with two attached hydrogens (primary N) is 1. The second kappa shape index (κ2) is 6.79. The van der Waals surface area contributed by atoms with Crippen molar-refractivity contribution in [3.8, 4) is 0 Å². The Morgan fingerprint density at radius 1 is 1.25 bits per heavy atom. The fourth-order valence-electron chi connectivity index (χ4n) is 3.09. The van der Waals surface area contributed by atoms with Gasteiger partial charge in [0.15, 0.2) is 0 Å². The van der Waals surface area contributed by atoms with Gasteiger partial charge in [-0.2, -0.15) is 4.31 Å². The van der Waals surface area contributed by atoms with Crippen molar-refractivity contribution in [3.63, 3.8) is 0 Å². The van der Waals surface area contributed by atoms with Crippen molar-refractivity contribution < 1.29 is 17.9 Å². The summed E-state index contributed by atoms with van der Waals surface area (Å²) in [7, 11) is -3.63. The van der Waals surface area contributed by atoms with Crippen LogP contribution in [0.1, 0.15) is 22.3 Å². The molecule has 2 aliphatic rings. The third kappa shape index (κ3) is 3.32. The molecule has 0 bridgehead atoms. The van der Waals surface area contributed by atoms with Crippen molar-refractivity contribution in [2.24, 2.45) is 5.73 Å². The van der Waals surface area contributed by atoms with Gasteiger partial charge in [0.1, 0.15) is 0 Å². The highest BCUT2D eigenvalue weighted by Crippen LogP contribution is 2.23. The number of carbonyl (C=O) groups excluding carboxylic acids is 1. The van der Waals surface area contributed by atoms with Crippen LogP contribution >= 0.6 is 0 Å². The van der Waals surface area contributed by atoms with Gasteiger partial charge < -0.3 is 15.4 Å². The summed E-state index contributed by atoms with van der Waals surface area (Å²) in [6.07, 6.45) is 0.774. The zero-order valence-corrected chi connectivity index (χ0v) is 14.6. The molecule has 0 aromatic heterocycles. The summed E-state index contributed by atoms with van der Waals surface area (Å²) >= 11 is 0. The molecule has 0 saturated carbocycles. The van der Waals surface area contributed by atoms with Gasteiger partial charge in [0.05, 0.1) is 18.1 Å². The third-order valence-corrected chi connectivity index (χ3v) is 6.58. The Kier molecular flexibility index (Phi) is 4.91. The lowest BCUT2D eigenvalue weighted by Crippen LogP contribution is -2.41. The van der Waals surface area contributed by atoms with Crippen molar-refractivity contribution in [1.82, 2.24) is 9.21 Å². The van der Waals surface area contributed by atoms with Gasteiger partial charge >= 0.3 is 0 Å². The molecule has 0 aliphatic carbocycles. The number of benzene rings is 1. The Bertz CT molecular complexity index is 729. The second-order valence-electron chi connectivity index (χ2n) is 6.30. The van der Waals surface area contributed by atoms with Crippen LogP contribution in [0.15, 0.2) is 23.1 Å². The predicted molar refractivity (Wildman–Crippen MR) is 89.3 cm³/mol. The zero-order chi connectivity index (χ0) is 17.3. The molecule has 2 saturated heterocycles. The van der Waals surface area contributed by atoms with Crippen LogP contribution in [0, 0.1) is 6.92 Å². The zero-order valence-electron chi connectivity index (χ0n) is 13.8. The summed E-state index contributed by atoms with van der Waals surface area (Å²) in [5, 5.41) is 0. The first-order valence-electron chi connectivity index (χ1n) is 8.13. The van der Waals surface area contributed by atoms with E-state index in [-0.39, 0.29) is 16.8 Å². The molecular weight excluding hydrogens is 330 g/mol. The number of hydrogen-bond acceptors (Lipinski definition) is 5. The standard InChI is InChI=1S/C16H23N3O4S/c1-12-2-3-13(16(20)18-5-4-14(17)11-18)10-15(12)24(21,22)19-6-8-23-9-7-19/h2-3,10,14H,4-9,11,17H2,1H3/t14-/m1/s1. The number of hydrogen-bond donors (Lipinski definition) is 1. The van der Waals surface area contributed by atoms with Gasteiger partial charge in [-0.1, -0.05) is 6.07 Å². The van der Waals surface area contributed by atoms with Crippen LogP contribution in [-0.2, 0) is 14.8 Å². The van der Waals surface area contributed by atoms with Gasteiger partial charge in [-0.15, -0.1) is 0 Å². The van der Waals surface area contributed by atoms with Gasteiger partial charge in [0.25, 0.3) is 5.91 Å². The topological polar surface area (TPSA) is 92.9 Å². The molecule has 0 radical (unpaired) electrons. The average Bonchev–Trinajstić information content (AvgIpc) is 3.02. The number of ether oxygens (including phenoxy) is 1. The molecule has 1 aromatic carbocycles. The van der Waals surface area contributed by atoms with Crippen molar-refractivity contribution in [2.75, 3.05) is 39.4 Å². The Labute approximate surface area is 142 Å². The first kappa shape index (κ1) is 17.3. The summed E-state index contributed by atoms with van der Waals surface area (Å²) in [5.41, 5.74) is 6.88. The van der Waals surface area contributed by atoms with E-state index in [0.717, 1.165) is 6.42 Å². The van der Waals surface area contributed by atoms with Crippen LogP contribution in [0.4, 0.5) is 0 Å². The van der Waals surface area contributed by atoms with E-state index in [1.165, 1.54) is 10.4 Å². The van der Waals surface area contributed by atoms with Crippen LogP contribution in [0.3, 0.4) is 0 Å². The van der Waals surface area contributed by atoms with Gasteiger partial charge in [-0.25, -0.2) is 8.42 Å². The minimum absolute atomic E-state index is 0.00375. The second-order valence-corrected chi connectivity index (χ2v) is 8.20. The van der Waals surface area contributed by atoms with Gasteiger partial charge in [0, 0.05) is 37.8 Å². The molecule has 7 nitrogen and oxygen atoms in total. The summed E-state index contributed by atoms with van der Waals surface area (Å²) in [5.74, 6) is -0.165. The Morgan fingerprint density at radius 3 is 2.58 bits per heavy atom. The lowest BCUT2D eigenvalue weighted by atomic mass is 10.1. The lowest BCUT2D eigenvalue weighted by Gasteiger charge is -2.27. The molecule has 0 spiro atoms. The van der Waals surface area contributed by atoms with Gasteiger partial charge in [-0.3, -0.25) is 4.79 Å². The summed E-state index contributed by atoms with van der Waals surface area (Å²) < 4.78 is 32.4. The molecule has 2 N–H and O–H groups in total. The third-order valence-electron chi connectivity index (χ3n) is 4.53. The molecule has 2 fully saturated rings. The lowest BCUT2D eigenvalue weighted by molar-refractivity contribution is 0.0730. The SMILES string of the molecule is Cc1ccc(C(=O)N2CC[C@@H](N)C2)cc1S(=O)(=O)N1CCOCC1. The van der Waals surface area contributed by atoms with E-state index in [4.69, 9.17) is 10.5 Å². The quantitative estimate of drug-likeness (QED) is 0.837. The van der Waals surface area contributed by atoms with Crippen LogP contribution in [0.5, 0.6) is 0 Å². The van der Waals surface area contributed by atoms with E-state index in [1.807, 2.05) is 0 Å². The summed E-state index contributed by atoms with van der Waals surface area (Å²) in [4.78, 5) is 14.5. The van der Waals surface area contributed by atoms with E-state index >= 15 is 0 Å². The molecule has 8 heteroatoms. The van der Waals surface area contributed by atoms with Crippen LogP contribution in [0.2, 0.25) is 0 Å². The molecule has 3 rings (SSSR count). The number of sulfonamides is 1. The minimum Gasteiger partial charge on any atom is -0.379 e. The van der Waals surface area contributed by atoms with E-state index in [0.29, 0.717) is 50.5 Å². The highest BCUT2D eigenvalue weighted by Gasteiger charge is 2.30. The maximum Gasteiger partial charge on any atom is 0.253 e. The fourth-order valence-corrected chi connectivity index (χ4v) is 4.75. The average molecular weight is 353 g/mol. The number of amides is 1. The maximum absolute atomic E-state index is 12.9. The van der Waals surface area contributed by atoms with Crippen LogP contribution in [0.25, 0.3) is 0 Å². The monoisotopic (exact) mass is 353 g/mol. The molecule has 1 atom stereocenters. The normalized spacial score (nSPS) is 22.8. The number of aryl methyl sites for hydroxylation is 1. The molecule has 2 heterocycles. The molecule has 1 amide bonds. The molecule has 0 unspecified atom stereocenters. The first-order chi connectivity index (χ1) is 11.4. The van der Waals surface area contributed by atoms with Crippen molar-refractivity contribution in [1.29, 1.82) is 0 Å². The highest BCUT2D eigenvalue weighted by atomic mass is 32.2. The predicted octanol–water partition coefficient (Wildman–Crippen LogP) is 0.189. The van der Waals surface area contributed by atoms with Crippen LogP contribution < -0.4 is 5.73 Å². The Balaban J connectivity index is 1.90. The fraction of sp³-hybridized carbons (Fsp3) is 0.562. The summed E-state index contributed by atoms with van der Waals surface area (Å²) in [6.45, 7) is 4.32. The number of likely N-dealkylation sites (tertiary alicyclic amines) is 1. The van der Waals surface area contributed by atoms with Crippen molar-refractivity contribution >= 4 is 15.9 Å². The number of carbonyl (C=O) groups is 1. The molecule has 132 valence electrons. The highest BCUT2D eigenvalue weighted by molar-refractivity contribution is 7.89. The molecule has 24 heavy (non-hydrogen) atoms. The van der Waals surface area contributed by atoms with E-state index in [2.05, 4.69) is 0 Å². The minimum atomic E-state index is -3.63. The largest absolute Gasteiger partial charge is 0.379 e. The molecule has 1 aromatic rings. The maximum atomic E-state index is 12.9. The Morgan fingerprint density at radius 2 is 1.96 bits per heavy atom. The van der Waals surface area contributed by atoms with E-state index in [9.17, 15) is 13.2 Å². The Hall–Kier alpha value is -1.48. The van der Waals surface area contributed by atoms with E-state index < -0.39 is 10.0 Å². The summed E-state index contributed by atoms with van der Waals surface area (Å²) in [6, 6.07) is 4.86. The van der Waals surface area contributed by atoms with Gasteiger partial charge in [-0.05, 0) is 31.0 Å². The number of rotatable bonds is 3. The number of nitrogens with zero attached hydrogens (tertiary/aromatic N) is 2. The van der Waals surface area contributed by atoms with Crippen LogP contribution in [-0.4, -0.2) is 69.0 Å². The smallest absolute Gasteiger partial charge is 0.253 e. The van der Waals surface area contributed by atoms with Crippen molar-refractivity contribution in [2.45, 2.75) is 24.3 Å². The number of morpholine rings is 1. The van der Waals surface area contributed by atoms with Crippen molar-refractivity contribution in [3.05, 3.63) is 29.3 Å².